The van der Waals surface area contributed by atoms with E-state index in [1.54, 1.807) is 24.3 Å². The van der Waals surface area contributed by atoms with Crippen molar-refractivity contribution in [2.24, 2.45) is 5.73 Å². The van der Waals surface area contributed by atoms with E-state index in [1.165, 1.54) is 26.3 Å². The van der Waals surface area contributed by atoms with E-state index >= 15 is 0 Å². The molecule has 0 unspecified atom stereocenters. The van der Waals surface area contributed by atoms with E-state index in [1.807, 2.05) is 11.9 Å². The summed E-state index contributed by atoms with van der Waals surface area (Å²) in [5, 5.41) is 0. The van der Waals surface area contributed by atoms with E-state index in [-0.39, 0.29) is 5.91 Å². The molecule has 1 aromatic carbocycles. The highest BCUT2D eigenvalue weighted by Gasteiger charge is 2.24. The second kappa shape index (κ2) is 8.48. The summed E-state index contributed by atoms with van der Waals surface area (Å²) in [5.74, 6) is -0.0374. The van der Waals surface area contributed by atoms with E-state index < -0.39 is 0 Å². The third-order valence-corrected chi connectivity index (χ3v) is 3.76. The summed E-state index contributed by atoms with van der Waals surface area (Å²) in [6.45, 7) is 0. The van der Waals surface area contributed by atoms with Gasteiger partial charge in [0, 0.05) is 18.7 Å². The molecule has 110 valence electrons. The Bertz CT molecular complexity index is 440. The Labute approximate surface area is 121 Å². The van der Waals surface area contributed by atoms with E-state index in [4.69, 9.17) is 0 Å². The first kappa shape index (κ1) is 16.4. The standard InChI is InChI=1S/C15H19NO2.CH5N/c1-16(13-8-3-2-4-9-13)15(18)14-10-6-5-7-12(14)11-17;1-2/h5-7,10-11,13H,2-4,8-9H2,1H3;2H2,1H3. The zero-order valence-corrected chi connectivity index (χ0v) is 12.3. The second-order valence-corrected chi connectivity index (χ2v) is 4.91. The van der Waals surface area contributed by atoms with Gasteiger partial charge in [0.25, 0.3) is 5.91 Å². The second-order valence-electron chi connectivity index (χ2n) is 4.91. The minimum atomic E-state index is -0.0374. The lowest BCUT2D eigenvalue weighted by Crippen LogP contribution is -2.38. The van der Waals surface area contributed by atoms with Gasteiger partial charge in [0.1, 0.15) is 0 Å². The summed E-state index contributed by atoms with van der Waals surface area (Å²) in [6, 6.07) is 7.32. The van der Waals surface area contributed by atoms with E-state index in [2.05, 4.69) is 5.73 Å². The van der Waals surface area contributed by atoms with Crippen LogP contribution in [0.5, 0.6) is 0 Å². The fourth-order valence-corrected chi connectivity index (χ4v) is 2.62. The van der Waals surface area contributed by atoms with Crippen LogP contribution >= 0.6 is 0 Å². The van der Waals surface area contributed by atoms with Crippen LogP contribution < -0.4 is 5.73 Å². The maximum absolute atomic E-state index is 12.4. The molecule has 0 bridgehead atoms. The summed E-state index contributed by atoms with van der Waals surface area (Å²) in [4.78, 5) is 25.2. The largest absolute Gasteiger partial charge is 0.339 e. The zero-order valence-electron chi connectivity index (χ0n) is 12.3. The Morgan fingerprint density at radius 1 is 1.20 bits per heavy atom. The molecule has 1 amide bonds. The molecule has 1 aliphatic rings. The van der Waals surface area contributed by atoms with Crippen LogP contribution in [0.3, 0.4) is 0 Å². The average molecular weight is 276 g/mol. The third kappa shape index (κ3) is 3.90. The Morgan fingerprint density at radius 2 is 1.80 bits per heavy atom. The highest BCUT2D eigenvalue weighted by molar-refractivity contribution is 6.01. The van der Waals surface area contributed by atoms with E-state index in [0.29, 0.717) is 17.2 Å². The first-order valence-electron chi connectivity index (χ1n) is 7.13. The number of nitrogens with zero attached hydrogens (tertiary/aromatic N) is 1. The predicted octanol–water partition coefficient (Wildman–Crippen LogP) is 2.48. The molecule has 0 spiro atoms. The molecule has 1 aromatic rings. The van der Waals surface area contributed by atoms with Gasteiger partial charge in [-0.15, -0.1) is 0 Å². The molecule has 4 nitrogen and oxygen atoms in total. The minimum Gasteiger partial charge on any atom is -0.339 e. The number of carbonyl (C=O) groups excluding carboxylic acids is 2. The smallest absolute Gasteiger partial charge is 0.254 e. The van der Waals surface area contributed by atoms with Crippen molar-refractivity contribution in [3.05, 3.63) is 35.4 Å². The van der Waals surface area contributed by atoms with Crippen LogP contribution in [0.25, 0.3) is 0 Å². The van der Waals surface area contributed by atoms with Crippen LogP contribution in [0.4, 0.5) is 0 Å². The number of aldehydes is 1. The van der Waals surface area contributed by atoms with Gasteiger partial charge >= 0.3 is 0 Å². The fourth-order valence-electron chi connectivity index (χ4n) is 2.62. The fraction of sp³-hybridized carbons (Fsp3) is 0.500. The van der Waals surface area contributed by atoms with Crippen molar-refractivity contribution in [3.63, 3.8) is 0 Å². The lowest BCUT2D eigenvalue weighted by atomic mass is 9.94. The third-order valence-electron chi connectivity index (χ3n) is 3.76. The topological polar surface area (TPSA) is 63.4 Å². The quantitative estimate of drug-likeness (QED) is 0.863. The SMILES string of the molecule is CN.CN(C(=O)c1ccccc1C=O)C1CCCCC1. The zero-order chi connectivity index (χ0) is 15.0. The highest BCUT2D eigenvalue weighted by Crippen LogP contribution is 2.23. The minimum absolute atomic E-state index is 0.0374. The molecule has 20 heavy (non-hydrogen) atoms. The molecule has 2 N–H and O–H groups in total. The van der Waals surface area contributed by atoms with Crippen molar-refractivity contribution < 1.29 is 9.59 Å². The molecule has 0 atom stereocenters. The van der Waals surface area contributed by atoms with Gasteiger partial charge in [0.15, 0.2) is 6.29 Å². The molecule has 0 aromatic heterocycles. The Kier molecular flexibility index (Phi) is 6.94. The van der Waals surface area contributed by atoms with Crippen LogP contribution in [0.2, 0.25) is 0 Å². The Balaban J connectivity index is 0.000000956. The normalized spacial score (nSPS) is 14.9. The van der Waals surface area contributed by atoms with Crippen LogP contribution in [-0.4, -0.2) is 37.2 Å². The Morgan fingerprint density at radius 3 is 2.40 bits per heavy atom. The summed E-state index contributed by atoms with van der Waals surface area (Å²) in [6.07, 6.45) is 6.55. The van der Waals surface area contributed by atoms with Crippen molar-refractivity contribution in [3.8, 4) is 0 Å². The molecule has 1 aliphatic carbocycles. The first-order chi connectivity index (χ1) is 9.74. The molecule has 4 heteroatoms. The van der Waals surface area contributed by atoms with Crippen molar-refractivity contribution in [2.45, 2.75) is 38.1 Å². The Hall–Kier alpha value is -1.68. The lowest BCUT2D eigenvalue weighted by Gasteiger charge is -2.31. The molecule has 0 radical (unpaired) electrons. The van der Waals surface area contributed by atoms with Gasteiger partial charge in [-0.25, -0.2) is 0 Å². The number of benzene rings is 1. The van der Waals surface area contributed by atoms with Crippen molar-refractivity contribution in [1.29, 1.82) is 0 Å². The molecule has 0 aliphatic heterocycles. The lowest BCUT2D eigenvalue weighted by molar-refractivity contribution is 0.0693. The van der Waals surface area contributed by atoms with Gasteiger partial charge in [0.2, 0.25) is 0 Å². The average Bonchev–Trinajstić information content (AvgIpc) is 2.56. The van der Waals surface area contributed by atoms with Crippen molar-refractivity contribution in [1.82, 2.24) is 4.90 Å². The van der Waals surface area contributed by atoms with Crippen molar-refractivity contribution in [2.75, 3.05) is 14.1 Å². The van der Waals surface area contributed by atoms with Crippen LogP contribution in [-0.2, 0) is 0 Å². The number of rotatable bonds is 3. The summed E-state index contributed by atoms with van der Waals surface area (Å²) >= 11 is 0. The van der Waals surface area contributed by atoms with Crippen LogP contribution in [0, 0.1) is 0 Å². The van der Waals surface area contributed by atoms with Gasteiger partial charge in [-0.05, 0) is 26.0 Å². The summed E-state index contributed by atoms with van der Waals surface area (Å²) < 4.78 is 0. The van der Waals surface area contributed by atoms with Gasteiger partial charge in [-0.1, -0.05) is 37.5 Å². The van der Waals surface area contributed by atoms with Crippen LogP contribution in [0.15, 0.2) is 24.3 Å². The number of hydrogen-bond donors (Lipinski definition) is 1. The molecular weight excluding hydrogens is 252 g/mol. The molecule has 0 heterocycles. The predicted molar refractivity (Wildman–Crippen MR) is 80.9 cm³/mol. The van der Waals surface area contributed by atoms with Gasteiger partial charge < -0.3 is 10.6 Å². The maximum Gasteiger partial charge on any atom is 0.254 e. The molecule has 0 saturated heterocycles. The first-order valence-corrected chi connectivity index (χ1v) is 7.13. The van der Waals surface area contributed by atoms with E-state index in [9.17, 15) is 9.59 Å². The van der Waals surface area contributed by atoms with Gasteiger partial charge in [-0.3, -0.25) is 9.59 Å². The molecule has 1 saturated carbocycles. The summed E-state index contributed by atoms with van der Waals surface area (Å²) in [7, 11) is 3.35. The number of nitrogens with two attached hydrogens (primary N) is 1. The van der Waals surface area contributed by atoms with Crippen molar-refractivity contribution >= 4 is 12.2 Å². The van der Waals surface area contributed by atoms with E-state index in [0.717, 1.165) is 19.1 Å². The number of carbonyl (C=O) groups is 2. The highest BCUT2D eigenvalue weighted by atomic mass is 16.2. The van der Waals surface area contributed by atoms with Gasteiger partial charge in [0.05, 0.1) is 5.56 Å². The monoisotopic (exact) mass is 276 g/mol. The number of hydrogen-bond acceptors (Lipinski definition) is 3. The number of amides is 1. The maximum atomic E-state index is 12.4. The van der Waals surface area contributed by atoms with Gasteiger partial charge in [-0.2, -0.15) is 0 Å². The molecule has 1 fully saturated rings. The molecule has 2 rings (SSSR count). The van der Waals surface area contributed by atoms with Crippen LogP contribution in [0.1, 0.15) is 52.8 Å². The molecular formula is C16H24N2O2. The summed E-state index contributed by atoms with van der Waals surface area (Å²) in [5.41, 5.74) is 5.49.